The second-order valence-corrected chi connectivity index (χ2v) is 4.55. The van der Waals surface area contributed by atoms with Crippen molar-refractivity contribution in [3.8, 4) is 0 Å². The van der Waals surface area contributed by atoms with Crippen molar-refractivity contribution in [2.75, 3.05) is 30.8 Å². The van der Waals surface area contributed by atoms with E-state index < -0.39 is 0 Å². The first-order valence-corrected chi connectivity index (χ1v) is 6.60. The summed E-state index contributed by atoms with van der Waals surface area (Å²) in [6.07, 6.45) is 2.72. The fraction of sp³-hybridized carbons (Fsp3) is 0.692. The number of aliphatic hydroxyl groups excluding tert-OH is 1. The molecule has 0 saturated heterocycles. The molecule has 1 heterocycles. The highest BCUT2D eigenvalue weighted by Crippen LogP contribution is 2.13. The number of hydrogen-bond acceptors (Lipinski definition) is 5. The minimum Gasteiger partial charge on any atom is -0.396 e. The van der Waals surface area contributed by atoms with Gasteiger partial charge in [0, 0.05) is 32.7 Å². The van der Waals surface area contributed by atoms with Crippen LogP contribution >= 0.6 is 0 Å². The molecule has 5 heteroatoms. The van der Waals surface area contributed by atoms with Gasteiger partial charge in [0.2, 0.25) is 0 Å². The Balaban J connectivity index is 2.65. The Kier molecular flexibility index (Phi) is 6.43. The van der Waals surface area contributed by atoms with Crippen LogP contribution in [0.5, 0.6) is 0 Å². The van der Waals surface area contributed by atoms with Gasteiger partial charge < -0.3 is 15.7 Å². The van der Waals surface area contributed by atoms with Crippen molar-refractivity contribution in [2.45, 2.75) is 33.1 Å². The Bertz CT molecular complexity index is 357. The smallest absolute Gasteiger partial charge is 0.133 e. The molecule has 0 aliphatic carbocycles. The average molecular weight is 252 g/mol. The van der Waals surface area contributed by atoms with Gasteiger partial charge in [-0.05, 0) is 18.8 Å². The fourth-order valence-electron chi connectivity index (χ4n) is 1.65. The van der Waals surface area contributed by atoms with Gasteiger partial charge in [-0.15, -0.1) is 0 Å². The number of aryl methyl sites for hydroxylation is 1. The highest BCUT2D eigenvalue weighted by molar-refractivity contribution is 5.47. The monoisotopic (exact) mass is 252 g/mol. The van der Waals surface area contributed by atoms with E-state index in [4.69, 9.17) is 5.11 Å². The number of nitrogens with one attached hydrogen (secondary N) is 2. The van der Waals surface area contributed by atoms with Gasteiger partial charge in [0.1, 0.15) is 17.5 Å². The van der Waals surface area contributed by atoms with Crippen molar-refractivity contribution in [1.82, 2.24) is 9.97 Å². The predicted octanol–water partition coefficient (Wildman–Crippen LogP) is 1.90. The van der Waals surface area contributed by atoms with Crippen molar-refractivity contribution < 1.29 is 5.11 Å². The summed E-state index contributed by atoms with van der Waals surface area (Å²) < 4.78 is 0. The molecule has 102 valence electrons. The van der Waals surface area contributed by atoms with E-state index in [1.165, 1.54) is 0 Å². The van der Waals surface area contributed by atoms with Crippen molar-refractivity contribution in [3.63, 3.8) is 0 Å². The van der Waals surface area contributed by atoms with E-state index in [9.17, 15) is 0 Å². The van der Waals surface area contributed by atoms with Crippen LogP contribution in [0.15, 0.2) is 6.07 Å². The van der Waals surface area contributed by atoms with Crippen LogP contribution < -0.4 is 10.6 Å². The lowest BCUT2D eigenvalue weighted by Crippen LogP contribution is -2.14. The number of aromatic nitrogens is 2. The number of nitrogens with zero attached hydrogens (tertiary/aromatic N) is 2. The zero-order chi connectivity index (χ0) is 13.4. The molecule has 1 unspecified atom stereocenters. The van der Waals surface area contributed by atoms with Gasteiger partial charge in [0.25, 0.3) is 0 Å². The van der Waals surface area contributed by atoms with Crippen LogP contribution in [0.3, 0.4) is 0 Å². The molecule has 0 aromatic carbocycles. The van der Waals surface area contributed by atoms with Gasteiger partial charge in [-0.1, -0.05) is 13.8 Å². The fourth-order valence-corrected chi connectivity index (χ4v) is 1.65. The second-order valence-electron chi connectivity index (χ2n) is 4.55. The molecular weight excluding hydrogens is 228 g/mol. The van der Waals surface area contributed by atoms with Crippen LogP contribution in [-0.4, -0.2) is 35.3 Å². The predicted molar refractivity (Wildman–Crippen MR) is 74.9 cm³/mol. The maximum atomic E-state index is 8.87. The van der Waals surface area contributed by atoms with Crippen LogP contribution in [0.1, 0.15) is 32.5 Å². The number of aliphatic hydroxyl groups is 1. The first-order valence-electron chi connectivity index (χ1n) is 6.60. The Hall–Kier alpha value is -1.36. The van der Waals surface area contributed by atoms with E-state index in [0.717, 1.165) is 43.3 Å². The molecule has 0 spiro atoms. The molecule has 1 aromatic rings. The van der Waals surface area contributed by atoms with E-state index in [2.05, 4.69) is 34.4 Å². The van der Waals surface area contributed by atoms with Crippen LogP contribution in [-0.2, 0) is 6.42 Å². The molecule has 1 aromatic heterocycles. The highest BCUT2D eigenvalue weighted by Gasteiger charge is 2.05. The maximum absolute atomic E-state index is 8.87. The van der Waals surface area contributed by atoms with Gasteiger partial charge >= 0.3 is 0 Å². The third-order valence-electron chi connectivity index (χ3n) is 2.76. The van der Waals surface area contributed by atoms with E-state index in [-0.39, 0.29) is 6.61 Å². The Morgan fingerprint density at radius 2 is 2.06 bits per heavy atom. The Morgan fingerprint density at radius 3 is 2.67 bits per heavy atom. The molecule has 5 nitrogen and oxygen atoms in total. The van der Waals surface area contributed by atoms with Crippen LogP contribution in [0.4, 0.5) is 11.6 Å². The normalized spacial score (nSPS) is 12.2. The zero-order valence-corrected chi connectivity index (χ0v) is 11.5. The van der Waals surface area contributed by atoms with Gasteiger partial charge in [-0.3, -0.25) is 0 Å². The molecule has 3 N–H and O–H groups in total. The maximum Gasteiger partial charge on any atom is 0.133 e. The summed E-state index contributed by atoms with van der Waals surface area (Å²) in [5.74, 6) is 2.98. The first kappa shape index (κ1) is 14.7. The SMILES string of the molecule is CCCc1nc(NC)cc(NCC(C)CCO)n1. The van der Waals surface area contributed by atoms with E-state index >= 15 is 0 Å². The van der Waals surface area contributed by atoms with Crippen LogP contribution in [0.25, 0.3) is 0 Å². The minimum absolute atomic E-state index is 0.232. The van der Waals surface area contributed by atoms with Crippen LogP contribution in [0, 0.1) is 5.92 Å². The summed E-state index contributed by atoms with van der Waals surface area (Å²) in [4.78, 5) is 8.88. The topological polar surface area (TPSA) is 70.1 Å². The van der Waals surface area contributed by atoms with Gasteiger partial charge in [-0.25, -0.2) is 9.97 Å². The van der Waals surface area contributed by atoms with Gasteiger partial charge in [0.05, 0.1) is 0 Å². The van der Waals surface area contributed by atoms with E-state index in [1.54, 1.807) is 0 Å². The third-order valence-corrected chi connectivity index (χ3v) is 2.76. The van der Waals surface area contributed by atoms with Crippen molar-refractivity contribution in [3.05, 3.63) is 11.9 Å². The van der Waals surface area contributed by atoms with E-state index in [0.29, 0.717) is 5.92 Å². The highest BCUT2D eigenvalue weighted by atomic mass is 16.3. The molecule has 0 aliphatic heterocycles. The summed E-state index contributed by atoms with van der Waals surface area (Å²) in [7, 11) is 1.86. The lowest BCUT2D eigenvalue weighted by Gasteiger charge is -2.13. The summed E-state index contributed by atoms with van der Waals surface area (Å²) in [5.41, 5.74) is 0. The standard InChI is InChI=1S/C13H24N4O/c1-4-5-11-16-12(14-3)8-13(17-11)15-9-10(2)6-7-18/h8,10,18H,4-7,9H2,1-3H3,(H2,14,15,16,17). The minimum atomic E-state index is 0.232. The summed E-state index contributed by atoms with van der Waals surface area (Å²) in [6.45, 7) is 5.27. The summed E-state index contributed by atoms with van der Waals surface area (Å²) in [5, 5.41) is 15.2. The molecule has 0 amide bonds. The molecule has 0 aliphatic rings. The summed E-state index contributed by atoms with van der Waals surface area (Å²) >= 11 is 0. The molecule has 0 saturated carbocycles. The molecule has 18 heavy (non-hydrogen) atoms. The molecule has 0 radical (unpaired) electrons. The van der Waals surface area contributed by atoms with Gasteiger partial charge in [0.15, 0.2) is 0 Å². The average Bonchev–Trinajstić information content (AvgIpc) is 2.37. The second kappa shape index (κ2) is 7.87. The van der Waals surface area contributed by atoms with Gasteiger partial charge in [-0.2, -0.15) is 0 Å². The van der Waals surface area contributed by atoms with Crippen LogP contribution in [0.2, 0.25) is 0 Å². The Labute approximate surface area is 109 Å². The lowest BCUT2D eigenvalue weighted by molar-refractivity contribution is 0.266. The quantitative estimate of drug-likeness (QED) is 0.659. The number of hydrogen-bond donors (Lipinski definition) is 3. The Morgan fingerprint density at radius 1 is 1.33 bits per heavy atom. The van der Waals surface area contributed by atoms with Crippen molar-refractivity contribution >= 4 is 11.6 Å². The molecule has 1 rings (SSSR count). The largest absolute Gasteiger partial charge is 0.396 e. The molecule has 1 atom stereocenters. The zero-order valence-electron chi connectivity index (χ0n) is 11.5. The molecule has 0 fully saturated rings. The van der Waals surface area contributed by atoms with E-state index in [1.807, 2.05) is 13.1 Å². The number of rotatable bonds is 8. The lowest BCUT2D eigenvalue weighted by atomic mass is 10.1. The summed E-state index contributed by atoms with van der Waals surface area (Å²) in [6, 6.07) is 1.91. The molecule has 0 bridgehead atoms. The van der Waals surface area contributed by atoms with Crippen molar-refractivity contribution in [1.29, 1.82) is 0 Å². The first-order chi connectivity index (χ1) is 8.69. The third kappa shape index (κ3) is 4.87. The molecular formula is C13H24N4O. The number of anilines is 2. The van der Waals surface area contributed by atoms with Crippen molar-refractivity contribution in [2.24, 2.45) is 5.92 Å².